The molecule has 0 aliphatic rings. The van der Waals surface area contributed by atoms with E-state index in [0.717, 1.165) is 5.69 Å². The fraction of sp³-hybridized carbons (Fsp3) is 0.333. The highest BCUT2D eigenvalue weighted by atomic mass is 32.2. The Bertz CT molecular complexity index is 817. The van der Waals surface area contributed by atoms with E-state index in [2.05, 4.69) is 9.84 Å². The van der Waals surface area contributed by atoms with E-state index in [4.69, 9.17) is 5.14 Å². The number of hydrogen-bond acceptors (Lipinski definition) is 5. The smallest absolute Gasteiger partial charge is 0.356 e. The zero-order valence-electron chi connectivity index (χ0n) is 12.1. The van der Waals surface area contributed by atoms with Crippen molar-refractivity contribution in [1.29, 1.82) is 0 Å². The number of rotatable bonds is 3. The number of hydrogen-bond donors (Lipinski definition) is 1. The first-order chi connectivity index (χ1) is 9.68. The lowest BCUT2D eigenvalue weighted by Crippen LogP contribution is -2.25. The van der Waals surface area contributed by atoms with Crippen LogP contribution < -0.4 is 5.14 Å². The molecular formula is C12H16N4O4S. The van der Waals surface area contributed by atoms with E-state index in [1.165, 1.54) is 19.4 Å². The van der Waals surface area contributed by atoms with Crippen molar-refractivity contribution in [2.45, 2.75) is 13.8 Å². The topological polar surface area (TPSA) is 109 Å². The second kappa shape index (κ2) is 5.01. The Morgan fingerprint density at radius 2 is 2.00 bits per heavy atom. The van der Waals surface area contributed by atoms with Crippen molar-refractivity contribution in [3.63, 3.8) is 0 Å². The molecule has 0 radical (unpaired) electrons. The normalized spacial score (nSPS) is 11.7. The van der Waals surface area contributed by atoms with Gasteiger partial charge in [0.15, 0.2) is 5.69 Å². The van der Waals surface area contributed by atoms with Crippen LogP contribution in [0.25, 0.3) is 11.1 Å². The number of ether oxygens (including phenoxy) is 1. The minimum atomic E-state index is -4.11. The van der Waals surface area contributed by atoms with E-state index < -0.39 is 16.2 Å². The van der Waals surface area contributed by atoms with Crippen molar-refractivity contribution in [3.05, 3.63) is 29.3 Å². The molecule has 2 rings (SSSR count). The van der Waals surface area contributed by atoms with Gasteiger partial charge in [-0.1, -0.05) is 0 Å². The van der Waals surface area contributed by atoms with E-state index in [9.17, 15) is 13.2 Å². The van der Waals surface area contributed by atoms with Crippen molar-refractivity contribution in [3.8, 4) is 11.1 Å². The fourth-order valence-corrected chi connectivity index (χ4v) is 2.95. The van der Waals surface area contributed by atoms with Crippen LogP contribution in [0.5, 0.6) is 0 Å². The first-order valence-corrected chi connectivity index (χ1v) is 7.52. The predicted octanol–water partition coefficient (Wildman–Crippen LogP) is 0.344. The first kappa shape index (κ1) is 15.3. The monoisotopic (exact) mass is 312 g/mol. The maximum absolute atomic E-state index is 12.0. The minimum absolute atomic E-state index is 0.140. The third-order valence-corrected chi connectivity index (χ3v) is 4.14. The van der Waals surface area contributed by atoms with Crippen LogP contribution in [0.1, 0.15) is 21.9 Å². The van der Waals surface area contributed by atoms with E-state index in [1.54, 1.807) is 18.7 Å². The Hall–Kier alpha value is -2.13. The molecule has 2 N–H and O–H groups in total. The van der Waals surface area contributed by atoms with E-state index in [0.29, 0.717) is 20.8 Å². The Morgan fingerprint density at radius 1 is 1.38 bits per heavy atom. The second-order valence-corrected chi connectivity index (χ2v) is 6.00. The molecular weight excluding hydrogens is 296 g/mol. The van der Waals surface area contributed by atoms with Gasteiger partial charge in [-0.3, -0.25) is 4.68 Å². The van der Waals surface area contributed by atoms with E-state index >= 15 is 0 Å². The molecule has 0 amide bonds. The lowest BCUT2D eigenvalue weighted by molar-refractivity contribution is 0.0593. The molecule has 21 heavy (non-hydrogen) atoms. The van der Waals surface area contributed by atoms with Crippen molar-refractivity contribution >= 4 is 16.2 Å². The van der Waals surface area contributed by atoms with Crippen LogP contribution in [-0.4, -0.2) is 35.2 Å². The summed E-state index contributed by atoms with van der Waals surface area (Å²) in [5.41, 5.74) is 2.43. The second-order valence-electron chi connectivity index (χ2n) is 4.58. The van der Waals surface area contributed by atoms with Crippen molar-refractivity contribution < 1.29 is 17.9 Å². The Morgan fingerprint density at radius 3 is 2.43 bits per heavy atom. The third-order valence-electron chi connectivity index (χ3n) is 3.28. The van der Waals surface area contributed by atoms with Gasteiger partial charge in [0.25, 0.3) is 0 Å². The SMILES string of the molecule is COC(=O)c1c(-c2c(C)nn(C)c2C)ccn1S(N)(=O)=O. The average Bonchev–Trinajstić information content (AvgIpc) is 2.91. The summed E-state index contributed by atoms with van der Waals surface area (Å²) in [5, 5.41) is 9.39. The van der Waals surface area contributed by atoms with Crippen LogP contribution >= 0.6 is 0 Å². The summed E-state index contributed by atoms with van der Waals surface area (Å²) in [5.74, 6) is -0.785. The molecule has 0 fully saturated rings. The zero-order chi connectivity index (χ0) is 15.9. The maximum Gasteiger partial charge on any atom is 0.356 e. The maximum atomic E-state index is 12.0. The van der Waals surface area contributed by atoms with E-state index in [-0.39, 0.29) is 5.69 Å². The van der Waals surface area contributed by atoms with Crippen LogP contribution in [-0.2, 0) is 22.0 Å². The van der Waals surface area contributed by atoms with Gasteiger partial charge in [-0.05, 0) is 19.9 Å². The molecule has 0 spiro atoms. The first-order valence-electron chi connectivity index (χ1n) is 6.02. The predicted molar refractivity (Wildman–Crippen MR) is 76.0 cm³/mol. The Kier molecular flexibility index (Phi) is 3.64. The zero-order valence-corrected chi connectivity index (χ0v) is 12.9. The molecule has 114 valence electrons. The summed E-state index contributed by atoms with van der Waals surface area (Å²) >= 11 is 0. The van der Waals surface area contributed by atoms with Gasteiger partial charge in [-0.25, -0.2) is 13.9 Å². The van der Waals surface area contributed by atoms with Crippen molar-refractivity contribution in [1.82, 2.24) is 13.8 Å². The number of methoxy groups -OCH3 is 1. The van der Waals surface area contributed by atoms with Gasteiger partial charge in [-0.15, -0.1) is 0 Å². The van der Waals surface area contributed by atoms with Crippen LogP contribution in [0.2, 0.25) is 0 Å². The number of carbonyl (C=O) groups excluding carboxylic acids is 1. The van der Waals surface area contributed by atoms with Gasteiger partial charge in [0.05, 0.1) is 12.8 Å². The molecule has 8 nitrogen and oxygen atoms in total. The molecule has 2 heterocycles. The van der Waals surface area contributed by atoms with E-state index in [1.807, 2.05) is 6.92 Å². The van der Waals surface area contributed by atoms with Crippen LogP contribution in [0.15, 0.2) is 12.3 Å². The summed E-state index contributed by atoms with van der Waals surface area (Å²) in [6, 6.07) is 1.51. The molecule has 0 saturated carbocycles. The van der Waals surface area contributed by atoms with Crippen molar-refractivity contribution in [2.24, 2.45) is 12.2 Å². The van der Waals surface area contributed by atoms with Gasteiger partial charge < -0.3 is 4.74 Å². The molecule has 9 heteroatoms. The molecule has 0 aromatic carbocycles. The summed E-state index contributed by atoms with van der Waals surface area (Å²) < 4.78 is 30.2. The number of nitrogens with zero attached hydrogens (tertiary/aromatic N) is 3. The number of carbonyl (C=O) groups is 1. The quantitative estimate of drug-likeness (QED) is 0.822. The molecule has 0 aliphatic carbocycles. The highest BCUT2D eigenvalue weighted by Crippen LogP contribution is 2.31. The van der Waals surface area contributed by atoms with Crippen LogP contribution in [0, 0.1) is 13.8 Å². The average molecular weight is 312 g/mol. The van der Waals surface area contributed by atoms with Gasteiger partial charge in [0, 0.05) is 30.1 Å². The standard InChI is InChI=1S/C12H16N4O4S/c1-7-10(8(2)15(3)14-7)9-5-6-16(21(13,18)19)11(9)12(17)20-4/h5-6H,1-4H3,(H2,13,18,19). The Balaban J connectivity index is 2.82. The van der Waals surface area contributed by atoms with Crippen LogP contribution in [0.4, 0.5) is 0 Å². The lowest BCUT2D eigenvalue weighted by Gasteiger charge is -2.08. The third kappa shape index (κ3) is 2.45. The number of nitrogens with two attached hydrogens (primary N) is 1. The largest absolute Gasteiger partial charge is 0.464 e. The molecule has 0 aliphatic heterocycles. The molecule has 0 bridgehead atoms. The summed E-state index contributed by atoms with van der Waals surface area (Å²) in [6.07, 6.45) is 1.23. The molecule has 0 saturated heterocycles. The molecule has 0 atom stereocenters. The highest BCUT2D eigenvalue weighted by Gasteiger charge is 2.26. The van der Waals surface area contributed by atoms with Gasteiger partial charge in [-0.2, -0.15) is 13.5 Å². The van der Waals surface area contributed by atoms with Gasteiger partial charge in [0.2, 0.25) is 0 Å². The minimum Gasteiger partial charge on any atom is -0.464 e. The lowest BCUT2D eigenvalue weighted by atomic mass is 10.0. The number of esters is 1. The fourth-order valence-electron chi connectivity index (χ4n) is 2.29. The molecule has 0 unspecified atom stereocenters. The molecule has 2 aromatic rings. The van der Waals surface area contributed by atoms with Gasteiger partial charge >= 0.3 is 16.2 Å². The number of aryl methyl sites for hydroxylation is 2. The summed E-state index contributed by atoms with van der Waals surface area (Å²) in [7, 11) is -1.17. The molecule has 2 aromatic heterocycles. The highest BCUT2D eigenvalue weighted by molar-refractivity contribution is 7.87. The number of aromatic nitrogens is 3. The van der Waals surface area contributed by atoms with Gasteiger partial charge in [0.1, 0.15) is 0 Å². The van der Waals surface area contributed by atoms with Crippen molar-refractivity contribution in [2.75, 3.05) is 7.11 Å². The summed E-state index contributed by atoms with van der Waals surface area (Å²) in [4.78, 5) is 12.0. The summed E-state index contributed by atoms with van der Waals surface area (Å²) in [6.45, 7) is 3.60. The Labute approximate surface area is 122 Å². The van der Waals surface area contributed by atoms with Crippen LogP contribution in [0.3, 0.4) is 0 Å².